The van der Waals surface area contributed by atoms with E-state index in [0.29, 0.717) is 6.42 Å². The summed E-state index contributed by atoms with van der Waals surface area (Å²) < 4.78 is 31.4. The highest BCUT2D eigenvalue weighted by molar-refractivity contribution is 5.25. The number of nitrogens with two attached hydrogens (primary N) is 1. The molecule has 0 bridgehead atoms. The maximum atomic E-state index is 13.2. The van der Waals surface area contributed by atoms with E-state index in [1.807, 2.05) is 0 Å². The summed E-state index contributed by atoms with van der Waals surface area (Å²) in [6, 6.07) is 3.33. The van der Waals surface area contributed by atoms with Crippen LogP contribution in [0.25, 0.3) is 0 Å². The average Bonchev–Trinajstić information content (AvgIpc) is 2.58. The van der Waals surface area contributed by atoms with Crippen molar-refractivity contribution in [1.82, 2.24) is 0 Å². The van der Waals surface area contributed by atoms with Gasteiger partial charge in [-0.3, -0.25) is 0 Å². The molecule has 0 heterocycles. The molecule has 0 radical (unpaired) electrons. The number of hydrogen-bond acceptors (Lipinski definition) is 2. The summed E-state index contributed by atoms with van der Waals surface area (Å²) in [5, 5.41) is 0. The summed E-state index contributed by atoms with van der Waals surface area (Å²) in [4.78, 5) is 0. The average molecular weight is 213 g/mol. The van der Waals surface area contributed by atoms with E-state index in [2.05, 4.69) is 0 Å². The maximum Gasteiger partial charge on any atom is 0.165 e. The van der Waals surface area contributed by atoms with E-state index in [-0.39, 0.29) is 17.9 Å². The third-order valence-electron chi connectivity index (χ3n) is 2.61. The molecule has 82 valence electrons. The Morgan fingerprint density at radius 1 is 1.27 bits per heavy atom. The van der Waals surface area contributed by atoms with Crippen LogP contribution in [0.2, 0.25) is 0 Å². The summed E-state index contributed by atoms with van der Waals surface area (Å²) in [7, 11) is 0. The molecule has 2 nitrogen and oxygen atoms in total. The molecule has 2 N–H and O–H groups in total. The minimum atomic E-state index is -0.531. The van der Waals surface area contributed by atoms with Crippen molar-refractivity contribution >= 4 is 0 Å². The van der Waals surface area contributed by atoms with Gasteiger partial charge in [0.1, 0.15) is 11.9 Å². The Kier molecular flexibility index (Phi) is 2.86. The second-order valence-corrected chi connectivity index (χ2v) is 3.89. The summed E-state index contributed by atoms with van der Waals surface area (Å²) in [5.41, 5.74) is 5.70. The van der Waals surface area contributed by atoms with Crippen LogP contribution in [-0.4, -0.2) is 12.1 Å². The highest BCUT2D eigenvalue weighted by Crippen LogP contribution is 2.26. The molecule has 15 heavy (non-hydrogen) atoms. The van der Waals surface area contributed by atoms with E-state index in [1.54, 1.807) is 0 Å². The summed E-state index contributed by atoms with van der Waals surface area (Å²) >= 11 is 0. The van der Waals surface area contributed by atoms with Gasteiger partial charge in [0.05, 0.1) is 0 Å². The van der Waals surface area contributed by atoms with E-state index in [9.17, 15) is 8.78 Å². The number of benzene rings is 1. The molecule has 0 amide bonds. The molecule has 0 saturated heterocycles. The molecule has 0 spiro atoms. The fourth-order valence-electron chi connectivity index (χ4n) is 1.83. The Morgan fingerprint density at radius 3 is 2.73 bits per heavy atom. The highest BCUT2D eigenvalue weighted by atomic mass is 19.1. The largest absolute Gasteiger partial charge is 0.487 e. The normalized spacial score (nSPS) is 25.5. The smallest absolute Gasteiger partial charge is 0.165 e. The Hall–Kier alpha value is -1.16. The number of hydrogen-bond donors (Lipinski definition) is 1. The third kappa shape index (κ3) is 2.45. The van der Waals surface area contributed by atoms with Crippen molar-refractivity contribution in [2.24, 2.45) is 5.73 Å². The minimum absolute atomic E-state index is 0.0194. The van der Waals surface area contributed by atoms with Gasteiger partial charge in [-0.05, 0) is 31.4 Å². The Labute approximate surface area is 87.0 Å². The van der Waals surface area contributed by atoms with E-state index < -0.39 is 11.6 Å². The SMILES string of the molecule is NC1CCC(Oc2cc(F)ccc2F)C1. The fourth-order valence-corrected chi connectivity index (χ4v) is 1.83. The first-order valence-corrected chi connectivity index (χ1v) is 5.02. The molecule has 1 aliphatic rings. The van der Waals surface area contributed by atoms with Crippen molar-refractivity contribution in [2.45, 2.75) is 31.4 Å². The fraction of sp³-hybridized carbons (Fsp3) is 0.455. The molecule has 0 aromatic heterocycles. The van der Waals surface area contributed by atoms with Gasteiger partial charge < -0.3 is 10.5 Å². The highest BCUT2D eigenvalue weighted by Gasteiger charge is 2.24. The minimum Gasteiger partial charge on any atom is -0.487 e. The van der Waals surface area contributed by atoms with Gasteiger partial charge >= 0.3 is 0 Å². The first-order valence-electron chi connectivity index (χ1n) is 5.02. The van der Waals surface area contributed by atoms with Crippen molar-refractivity contribution in [1.29, 1.82) is 0 Å². The first kappa shape index (κ1) is 10.4. The van der Waals surface area contributed by atoms with Crippen molar-refractivity contribution in [3.8, 4) is 5.75 Å². The Morgan fingerprint density at radius 2 is 2.07 bits per heavy atom. The molecule has 1 aliphatic carbocycles. The van der Waals surface area contributed by atoms with Gasteiger partial charge in [-0.25, -0.2) is 8.78 Å². The van der Waals surface area contributed by atoms with Gasteiger partial charge in [0.25, 0.3) is 0 Å². The zero-order valence-corrected chi connectivity index (χ0v) is 8.25. The van der Waals surface area contributed by atoms with Crippen LogP contribution in [0.4, 0.5) is 8.78 Å². The van der Waals surface area contributed by atoms with Gasteiger partial charge in [0, 0.05) is 12.1 Å². The summed E-state index contributed by atoms with van der Waals surface area (Å²) in [6.45, 7) is 0. The van der Waals surface area contributed by atoms with E-state index in [0.717, 1.165) is 31.0 Å². The zero-order valence-electron chi connectivity index (χ0n) is 8.25. The van der Waals surface area contributed by atoms with Crippen LogP contribution in [0.1, 0.15) is 19.3 Å². The first-order chi connectivity index (χ1) is 7.15. The molecule has 4 heteroatoms. The quantitative estimate of drug-likeness (QED) is 0.817. The van der Waals surface area contributed by atoms with Crippen molar-refractivity contribution in [2.75, 3.05) is 0 Å². The van der Waals surface area contributed by atoms with Gasteiger partial charge in [-0.15, -0.1) is 0 Å². The monoisotopic (exact) mass is 213 g/mol. The number of ether oxygens (including phenoxy) is 1. The van der Waals surface area contributed by atoms with Gasteiger partial charge in [0.15, 0.2) is 11.6 Å². The lowest BCUT2D eigenvalue weighted by Crippen LogP contribution is -2.19. The lowest BCUT2D eigenvalue weighted by Gasteiger charge is -2.13. The molecular weight excluding hydrogens is 200 g/mol. The number of halogens is 2. The van der Waals surface area contributed by atoms with Crippen LogP contribution >= 0.6 is 0 Å². The molecule has 0 aliphatic heterocycles. The molecule has 2 rings (SSSR count). The van der Waals surface area contributed by atoms with Crippen LogP contribution in [0.15, 0.2) is 18.2 Å². The Balaban J connectivity index is 2.07. The second-order valence-electron chi connectivity index (χ2n) is 3.89. The third-order valence-corrected chi connectivity index (χ3v) is 2.61. The van der Waals surface area contributed by atoms with Crippen LogP contribution in [0.5, 0.6) is 5.75 Å². The van der Waals surface area contributed by atoms with E-state index >= 15 is 0 Å². The lowest BCUT2D eigenvalue weighted by molar-refractivity contribution is 0.198. The van der Waals surface area contributed by atoms with Crippen molar-refractivity contribution < 1.29 is 13.5 Å². The topological polar surface area (TPSA) is 35.2 Å². The van der Waals surface area contributed by atoms with Gasteiger partial charge in [0.2, 0.25) is 0 Å². The molecular formula is C11H13F2NO. The van der Waals surface area contributed by atoms with Gasteiger partial charge in [-0.1, -0.05) is 0 Å². The van der Waals surface area contributed by atoms with Gasteiger partial charge in [-0.2, -0.15) is 0 Å². The van der Waals surface area contributed by atoms with Crippen LogP contribution in [-0.2, 0) is 0 Å². The van der Waals surface area contributed by atoms with Crippen LogP contribution < -0.4 is 10.5 Å². The molecule has 1 aromatic carbocycles. The molecule has 2 atom stereocenters. The van der Waals surface area contributed by atoms with Crippen molar-refractivity contribution in [3.63, 3.8) is 0 Å². The molecule has 1 fully saturated rings. The maximum absolute atomic E-state index is 13.2. The van der Waals surface area contributed by atoms with E-state index in [1.165, 1.54) is 0 Å². The zero-order chi connectivity index (χ0) is 10.8. The Bertz CT molecular complexity index is 356. The van der Waals surface area contributed by atoms with Crippen LogP contribution in [0.3, 0.4) is 0 Å². The molecule has 1 saturated carbocycles. The standard InChI is InChI=1S/C11H13F2NO/c12-7-1-4-10(13)11(5-7)15-9-3-2-8(14)6-9/h1,4-5,8-9H,2-3,6,14H2. The predicted molar refractivity (Wildman–Crippen MR) is 52.6 cm³/mol. The number of rotatable bonds is 2. The summed E-state index contributed by atoms with van der Waals surface area (Å²) in [5.74, 6) is -1.04. The molecule has 2 unspecified atom stereocenters. The molecule has 1 aromatic rings. The van der Waals surface area contributed by atoms with E-state index in [4.69, 9.17) is 10.5 Å². The predicted octanol–water partition coefficient (Wildman–Crippen LogP) is 2.22. The lowest BCUT2D eigenvalue weighted by atomic mass is 10.2. The second kappa shape index (κ2) is 4.14. The van der Waals surface area contributed by atoms with Crippen LogP contribution in [0, 0.1) is 11.6 Å². The summed E-state index contributed by atoms with van der Waals surface area (Å²) in [6.07, 6.45) is 2.30. The van der Waals surface area contributed by atoms with Crippen molar-refractivity contribution in [3.05, 3.63) is 29.8 Å².